The van der Waals surface area contributed by atoms with Crippen LogP contribution in [0.15, 0.2) is 46.0 Å². The van der Waals surface area contributed by atoms with Crippen molar-refractivity contribution in [3.63, 3.8) is 0 Å². The first kappa shape index (κ1) is 27.4. The van der Waals surface area contributed by atoms with Gasteiger partial charge in [-0.2, -0.15) is 20.1 Å². The minimum atomic E-state index is 0. The van der Waals surface area contributed by atoms with Crippen molar-refractivity contribution < 1.29 is 14.2 Å². The first-order valence-corrected chi connectivity index (χ1v) is 12.1. The maximum absolute atomic E-state index is 5.57. The lowest BCUT2D eigenvalue weighted by Crippen LogP contribution is -2.37. The minimum Gasteiger partial charge on any atom is -0.493 e. The van der Waals surface area contributed by atoms with Gasteiger partial charge in [-0.3, -0.25) is 0 Å². The maximum Gasteiger partial charge on any atom is 0.250 e. The van der Waals surface area contributed by atoms with Gasteiger partial charge in [-0.15, -0.1) is 12.4 Å². The van der Waals surface area contributed by atoms with E-state index in [0.29, 0.717) is 62.3 Å². The van der Waals surface area contributed by atoms with Gasteiger partial charge in [0, 0.05) is 17.6 Å². The molecular formula is C24H29BrClN7O3. The fourth-order valence-electron chi connectivity index (χ4n) is 3.42. The number of nitrogens with zero attached hydrogens (tertiary/aromatic N) is 5. The third kappa shape index (κ3) is 7.19. The van der Waals surface area contributed by atoms with Crippen LogP contribution >= 0.6 is 28.3 Å². The van der Waals surface area contributed by atoms with E-state index in [1.165, 1.54) is 0 Å². The molecule has 0 aliphatic carbocycles. The van der Waals surface area contributed by atoms with Crippen LogP contribution in [-0.4, -0.2) is 61.2 Å². The molecule has 2 heterocycles. The number of anilines is 4. The predicted molar refractivity (Wildman–Crippen MR) is 148 cm³/mol. The molecule has 0 radical (unpaired) electrons. The average Bonchev–Trinajstić information content (AvgIpc) is 2.87. The summed E-state index contributed by atoms with van der Waals surface area (Å²) in [5.41, 5.74) is 5.76. The third-order valence-electron chi connectivity index (χ3n) is 5.15. The molecule has 1 aliphatic rings. The molecule has 0 amide bonds. The Morgan fingerprint density at radius 1 is 1.08 bits per heavy atom. The lowest BCUT2D eigenvalue weighted by molar-refractivity contribution is 0.122. The zero-order valence-electron chi connectivity index (χ0n) is 20.3. The van der Waals surface area contributed by atoms with Crippen LogP contribution in [0.5, 0.6) is 11.5 Å². The molecule has 2 aromatic carbocycles. The van der Waals surface area contributed by atoms with Crippen LogP contribution in [0, 0.1) is 6.92 Å². The molecule has 36 heavy (non-hydrogen) atoms. The number of morpholine rings is 1. The molecule has 12 heteroatoms. The Morgan fingerprint density at radius 3 is 2.58 bits per heavy atom. The summed E-state index contributed by atoms with van der Waals surface area (Å²) in [6.45, 7) is 7.18. The van der Waals surface area contributed by atoms with Crippen LogP contribution in [0.1, 0.15) is 18.1 Å². The van der Waals surface area contributed by atoms with E-state index < -0.39 is 0 Å². The molecule has 1 aliphatic heterocycles. The highest BCUT2D eigenvalue weighted by Crippen LogP contribution is 2.28. The van der Waals surface area contributed by atoms with E-state index in [0.717, 1.165) is 21.3 Å². The molecule has 10 nitrogen and oxygen atoms in total. The van der Waals surface area contributed by atoms with Crippen LogP contribution in [-0.2, 0) is 4.74 Å². The topological polar surface area (TPSA) is 106 Å². The lowest BCUT2D eigenvalue weighted by Gasteiger charge is -2.27. The highest BCUT2D eigenvalue weighted by molar-refractivity contribution is 9.10. The zero-order valence-corrected chi connectivity index (χ0v) is 22.7. The maximum atomic E-state index is 5.57. The Labute approximate surface area is 225 Å². The van der Waals surface area contributed by atoms with E-state index >= 15 is 0 Å². The standard InChI is InChI=1S/C24H28BrN7O3.ClH/c1-4-35-20-8-6-17(14-21(20)33-3)15-26-31-23-28-22(27-19-7-5-16(2)13-18(19)25)29-24(30-23)32-9-11-34-12-10-32;/h5-8,13-15H,4,9-12H2,1-3H3,(H2,27,28,29,30,31);1H. The molecule has 192 valence electrons. The molecule has 0 atom stereocenters. The normalized spacial score (nSPS) is 13.3. The van der Waals surface area contributed by atoms with Crippen molar-refractivity contribution in [1.82, 2.24) is 15.0 Å². The van der Waals surface area contributed by atoms with Gasteiger partial charge in [-0.1, -0.05) is 6.07 Å². The van der Waals surface area contributed by atoms with Crippen LogP contribution in [0.2, 0.25) is 0 Å². The van der Waals surface area contributed by atoms with Crippen molar-refractivity contribution in [1.29, 1.82) is 0 Å². The van der Waals surface area contributed by atoms with Crippen molar-refractivity contribution in [3.05, 3.63) is 52.0 Å². The Hall–Kier alpha value is -3.15. The number of hydrazone groups is 1. The number of aryl methyl sites for hydroxylation is 1. The van der Waals surface area contributed by atoms with Crippen LogP contribution in [0.3, 0.4) is 0 Å². The average molecular weight is 579 g/mol. The highest BCUT2D eigenvalue weighted by atomic mass is 79.9. The molecule has 1 saturated heterocycles. The Balaban J connectivity index is 0.00000361. The lowest BCUT2D eigenvalue weighted by atomic mass is 10.2. The van der Waals surface area contributed by atoms with Crippen LogP contribution in [0.4, 0.5) is 23.5 Å². The molecule has 0 spiro atoms. The number of ether oxygens (including phenoxy) is 3. The second-order valence-corrected chi connectivity index (χ2v) is 8.56. The zero-order chi connectivity index (χ0) is 24.6. The third-order valence-corrected chi connectivity index (χ3v) is 5.81. The van der Waals surface area contributed by atoms with E-state index in [1.807, 2.05) is 50.2 Å². The molecule has 3 aromatic rings. The van der Waals surface area contributed by atoms with Gasteiger partial charge in [0.25, 0.3) is 0 Å². The number of methoxy groups -OCH3 is 1. The van der Waals surface area contributed by atoms with E-state index in [-0.39, 0.29) is 12.4 Å². The van der Waals surface area contributed by atoms with Crippen molar-refractivity contribution in [3.8, 4) is 11.5 Å². The first-order valence-electron chi connectivity index (χ1n) is 11.3. The number of hydrogen-bond acceptors (Lipinski definition) is 10. The van der Waals surface area contributed by atoms with Gasteiger partial charge < -0.3 is 24.4 Å². The Kier molecular flexibility index (Phi) is 10.1. The van der Waals surface area contributed by atoms with Crippen molar-refractivity contribution in [2.45, 2.75) is 13.8 Å². The van der Waals surface area contributed by atoms with Gasteiger partial charge >= 0.3 is 0 Å². The second-order valence-electron chi connectivity index (χ2n) is 7.70. The monoisotopic (exact) mass is 577 g/mol. The van der Waals surface area contributed by atoms with Crippen molar-refractivity contribution >= 4 is 58.1 Å². The molecule has 0 saturated carbocycles. The van der Waals surface area contributed by atoms with Gasteiger partial charge in [-0.05, 0) is 71.2 Å². The van der Waals surface area contributed by atoms with E-state index in [9.17, 15) is 0 Å². The molecule has 2 N–H and O–H groups in total. The van der Waals surface area contributed by atoms with Gasteiger partial charge in [0.15, 0.2) is 11.5 Å². The molecule has 4 rings (SSSR count). The van der Waals surface area contributed by atoms with Crippen molar-refractivity contribution in [2.75, 3.05) is 55.7 Å². The molecular weight excluding hydrogens is 550 g/mol. The largest absolute Gasteiger partial charge is 0.493 e. The summed E-state index contributed by atoms with van der Waals surface area (Å²) in [7, 11) is 1.61. The molecule has 0 unspecified atom stereocenters. The van der Waals surface area contributed by atoms with Gasteiger partial charge in [0.05, 0.1) is 38.8 Å². The summed E-state index contributed by atoms with van der Waals surface area (Å²) in [6.07, 6.45) is 1.67. The number of hydrogen-bond donors (Lipinski definition) is 2. The highest BCUT2D eigenvalue weighted by Gasteiger charge is 2.17. The summed E-state index contributed by atoms with van der Waals surface area (Å²) < 4.78 is 17.4. The molecule has 1 fully saturated rings. The van der Waals surface area contributed by atoms with E-state index in [2.05, 4.69) is 51.6 Å². The first-order chi connectivity index (χ1) is 17.1. The number of rotatable bonds is 9. The van der Waals surface area contributed by atoms with Crippen LogP contribution < -0.4 is 25.1 Å². The van der Waals surface area contributed by atoms with E-state index in [4.69, 9.17) is 14.2 Å². The second kappa shape index (κ2) is 13.2. The number of nitrogens with one attached hydrogen (secondary N) is 2. The summed E-state index contributed by atoms with van der Waals surface area (Å²) >= 11 is 3.59. The summed E-state index contributed by atoms with van der Waals surface area (Å²) in [4.78, 5) is 15.8. The van der Waals surface area contributed by atoms with Gasteiger partial charge in [0.2, 0.25) is 17.8 Å². The van der Waals surface area contributed by atoms with Crippen molar-refractivity contribution in [2.24, 2.45) is 5.10 Å². The number of halogens is 2. The molecule has 1 aromatic heterocycles. The van der Waals surface area contributed by atoms with Crippen LogP contribution in [0.25, 0.3) is 0 Å². The van der Waals surface area contributed by atoms with E-state index in [1.54, 1.807) is 13.3 Å². The fourth-order valence-corrected chi connectivity index (χ4v) is 4.01. The quantitative estimate of drug-likeness (QED) is 0.274. The van der Waals surface area contributed by atoms with Gasteiger partial charge in [-0.25, -0.2) is 5.43 Å². The molecule has 0 bridgehead atoms. The summed E-state index contributed by atoms with van der Waals surface area (Å²) in [5, 5.41) is 7.59. The summed E-state index contributed by atoms with van der Waals surface area (Å²) in [6, 6.07) is 11.6. The Morgan fingerprint density at radius 2 is 1.86 bits per heavy atom. The predicted octanol–water partition coefficient (Wildman–Crippen LogP) is 4.80. The number of aromatic nitrogens is 3. The smallest absolute Gasteiger partial charge is 0.250 e. The van der Waals surface area contributed by atoms with Gasteiger partial charge in [0.1, 0.15) is 0 Å². The number of benzene rings is 2. The Bertz CT molecular complexity index is 1190. The summed E-state index contributed by atoms with van der Waals surface area (Å²) in [5.74, 6) is 2.61. The minimum absolute atomic E-state index is 0. The fraction of sp³-hybridized carbons (Fsp3) is 0.333. The SMILES string of the molecule is CCOc1ccc(C=NNc2nc(Nc3ccc(C)cc3Br)nc(N3CCOCC3)n2)cc1OC.Cl.